The number of aryl methyl sites for hydroxylation is 2. The molecule has 3 nitrogen and oxygen atoms in total. The molecular weight excluding hydrogens is 305 g/mol. The molecule has 1 aliphatic rings. The number of anilines is 1. The first kappa shape index (κ1) is 16.5. The van der Waals surface area contributed by atoms with Gasteiger partial charge in [-0.25, -0.2) is 4.39 Å². The molecule has 0 radical (unpaired) electrons. The van der Waals surface area contributed by atoms with Gasteiger partial charge in [0.25, 0.3) is 0 Å². The highest BCUT2D eigenvalue weighted by molar-refractivity contribution is 5.96. The second kappa shape index (κ2) is 7.04. The largest absolute Gasteiger partial charge is 0.495 e. The molecule has 0 saturated carbocycles. The monoisotopic (exact) mass is 327 g/mol. The lowest BCUT2D eigenvalue weighted by Crippen LogP contribution is -2.36. The van der Waals surface area contributed by atoms with E-state index in [1.165, 1.54) is 17.2 Å². The summed E-state index contributed by atoms with van der Waals surface area (Å²) in [5.74, 6) is 0.496. The van der Waals surface area contributed by atoms with Gasteiger partial charge in [0, 0.05) is 13.0 Å². The topological polar surface area (TPSA) is 29.5 Å². The van der Waals surface area contributed by atoms with Gasteiger partial charge >= 0.3 is 0 Å². The molecule has 0 spiro atoms. The van der Waals surface area contributed by atoms with Crippen molar-refractivity contribution in [2.24, 2.45) is 0 Å². The molecule has 2 aromatic rings. The highest BCUT2D eigenvalue weighted by atomic mass is 19.1. The second-order valence-corrected chi connectivity index (χ2v) is 6.15. The SMILES string of the molecule is COc1ccc(C)c2c1N(C(=O)CCc1ccccc1F)CCC2. The van der Waals surface area contributed by atoms with Crippen molar-refractivity contribution in [2.75, 3.05) is 18.6 Å². The van der Waals surface area contributed by atoms with Gasteiger partial charge in [0.15, 0.2) is 0 Å². The fourth-order valence-electron chi connectivity index (χ4n) is 3.34. The van der Waals surface area contributed by atoms with E-state index in [9.17, 15) is 9.18 Å². The van der Waals surface area contributed by atoms with E-state index in [0.29, 0.717) is 18.5 Å². The number of ether oxygens (including phenoxy) is 1. The number of methoxy groups -OCH3 is 1. The number of hydrogen-bond donors (Lipinski definition) is 0. The Labute approximate surface area is 142 Å². The predicted octanol–water partition coefficient (Wildman–Crippen LogP) is 4.05. The average Bonchev–Trinajstić information content (AvgIpc) is 2.61. The Morgan fingerprint density at radius 2 is 2.04 bits per heavy atom. The third kappa shape index (κ3) is 3.14. The Balaban J connectivity index is 1.82. The molecule has 3 rings (SSSR count). The maximum atomic E-state index is 13.7. The van der Waals surface area contributed by atoms with Crippen LogP contribution in [0.5, 0.6) is 5.75 Å². The summed E-state index contributed by atoms with van der Waals surface area (Å²) in [5, 5.41) is 0. The standard InChI is InChI=1S/C20H22FNO2/c1-14-9-11-18(24-2)20-16(14)7-5-13-22(20)19(23)12-10-15-6-3-4-8-17(15)21/h3-4,6,8-9,11H,5,7,10,12-13H2,1-2H3. The first-order valence-corrected chi connectivity index (χ1v) is 8.32. The van der Waals surface area contributed by atoms with Crippen molar-refractivity contribution in [1.29, 1.82) is 0 Å². The highest BCUT2D eigenvalue weighted by Crippen LogP contribution is 2.38. The van der Waals surface area contributed by atoms with Crippen molar-refractivity contribution in [3.8, 4) is 5.75 Å². The van der Waals surface area contributed by atoms with Crippen molar-refractivity contribution in [2.45, 2.75) is 32.6 Å². The van der Waals surface area contributed by atoms with Crippen LogP contribution >= 0.6 is 0 Å². The minimum Gasteiger partial charge on any atom is -0.495 e. The Morgan fingerprint density at radius 3 is 2.79 bits per heavy atom. The molecule has 1 aliphatic heterocycles. The molecule has 0 aromatic heterocycles. The summed E-state index contributed by atoms with van der Waals surface area (Å²) >= 11 is 0. The van der Waals surface area contributed by atoms with Crippen LogP contribution < -0.4 is 9.64 Å². The molecule has 4 heteroatoms. The van der Waals surface area contributed by atoms with E-state index < -0.39 is 0 Å². The fraction of sp³-hybridized carbons (Fsp3) is 0.350. The molecule has 0 atom stereocenters. The maximum Gasteiger partial charge on any atom is 0.227 e. The summed E-state index contributed by atoms with van der Waals surface area (Å²) in [4.78, 5) is 14.6. The Kier molecular flexibility index (Phi) is 4.84. The van der Waals surface area contributed by atoms with Gasteiger partial charge < -0.3 is 9.64 Å². The van der Waals surface area contributed by atoms with E-state index in [4.69, 9.17) is 4.74 Å². The van der Waals surface area contributed by atoms with Gasteiger partial charge in [-0.15, -0.1) is 0 Å². The number of nitrogens with zero attached hydrogens (tertiary/aromatic N) is 1. The summed E-state index contributed by atoms with van der Waals surface area (Å²) in [6.45, 7) is 2.74. The van der Waals surface area contributed by atoms with Crippen LogP contribution in [-0.4, -0.2) is 19.6 Å². The average molecular weight is 327 g/mol. The predicted molar refractivity (Wildman–Crippen MR) is 93.1 cm³/mol. The number of fused-ring (bicyclic) bond motifs is 1. The van der Waals surface area contributed by atoms with Gasteiger partial charge in [-0.05, 0) is 55.0 Å². The first-order valence-electron chi connectivity index (χ1n) is 8.32. The summed E-state index contributed by atoms with van der Waals surface area (Å²) in [5.41, 5.74) is 3.83. The lowest BCUT2D eigenvalue weighted by atomic mass is 9.95. The van der Waals surface area contributed by atoms with Gasteiger partial charge in [-0.3, -0.25) is 4.79 Å². The fourth-order valence-corrected chi connectivity index (χ4v) is 3.34. The molecule has 24 heavy (non-hydrogen) atoms. The number of carbonyl (C=O) groups is 1. The minimum absolute atomic E-state index is 0.0168. The number of hydrogen-bond acceptors (Lipinski definition) is 2. The highest BCUT2D eigenvalue weighted by Gasteiger charge is 2.27. The lowest BCUT2D eigenvalue weighted by molar-refractivity contribution is -0.118. The number of amides is 1. The summed E-state index contributed by atoms with van der Waals surface area (Å²) < 4.78 is 19.2. The summed E-state index contributed by atoms with van der Waals surface area (Å²) in [7, 11) is 1.63. The number of rotatable bonds is 4. The number of halogens is 1. The van der Waals surface area contributed by atoms with Crippen molar-refractivity contribution in [1.82, 2.24) is 0 Å². The van der Waals surface area contributed by atoms with Crippen LogP contribution in [0.3, 0.4) is 0 Å². The van der Waals surface area contributed by atoms with Crippen LogP contribution in [0.4, 0.5) is 10.1 Å². The van der Waals surface area contributed by atoms with E-state index in [2.05, 4.69) is 6.92 Å². The molecular formula is C20H22FNO2. The van der Waals surface area contributed by atoms with Crippen molar-refractivity contribution in [3.05, 3.63) is 58.9 Å². The van der Waals surface area contributed by atoms with Crippen molar-refractivity contribution in [3.63, 3.8) is 0 Å². The smallest absolute Gasteiger partial charge is 0.227 e. The second-order valence-electron chi connectivity index (χ2n) is 6.15. The first-order chi connectivity index (χ1) is 11.6. The van der Waals surface area contributed by atoms with Crippen LogP contribution in [0.1, 0.15) is 29.5 Å². The number of carbonyl (C=O) groups excluding carboxylic acids is 1. The van der Waals surface area contributed by atoms with Gasteiger partial charge in [0.2, 0.25) is 5.91 Å². The maximum absolute atomic E-state index is 13.7. The van der Waals surface area contributed by atoms with Gasteiger partial charge in [0.05, 0.1) is 12.8 Å². The zero-order chi connectivity index (χ0) is 17.1. The van der Waals surface area contributed by atoms with E-state index in [0.717, 1.165) is 24.3 Å². The Bertz CT molecular complexity index is 757. The summed E-state index contributed by atoms with van der Waals surface area (Å²) in [6, 6.07) is 10.6. The molecule has 1 heterocycles. The van der Waals surface area contributed by atoms with E-state index >= 15 is 0 Å². The molecule has 0 saturated heterocycles. The van der Waals surface area contributed by atoms with Crippen molar-refractivity contribution >= 4 is 11.6 Å². The van der Waals surface area contributed by atoms with Crippen LogP contribution in [0, 0.1) is 12.7 Å². The van der Waals surface area contributed by atoms with Crippen LogP contribution in [0.25, 0.3) is 0 Å². The van der Waals surface area contributed by atoms with Crippen LogP contribution in [-0.2, 0) is 17.6 Å². The summed E-state index contributed by atoms with van der Waals surface area (Å²) in [6.07, 6.45) is 2.59. The van der Waals surface area contributed by atoms with Crippen LogP contribution in [0.15, 0.2) is 36.4 Å². The zero-order valence-corrected chi connectivity index (χ0v) is 14.1. The molecule has 0 aliphatic carbocycles. The Hall–Kier alpha value is -2.36. The third-order valence-electron chi connectivity index (χ3n) is 4.65. The van der Waals surface area contributed by atoms with E-state index in [1.807, 2.05) is 17.0 Å². The van der Waals surface area contributed by atoms with Gasteiger partial charge in [-0.2, -0.15) is 0 Å². The normalized spacial score (nSPS) is 13.5. The molecule has 0 fully saturated rings. The quantitative estimate of drug-likeness (QED) is 0.848. The zero-order valence-electron chi connectivity index (χ0n) is 14.1. The molecule has 0 unspecified atom stereocenters. The van der Waals surface area contributed by atoms with Crippen LogP contribution in [0.2, 0.25) is 0 Å². The third-order valence-corrected chi connectivity index (χ3v) is 4.65. The minimum atomic E-state index is -0.252. The molecule has 2 aromatic carbocycles. The van der Waals surface area contributed by atoms with Gasteiger partial charge in [0.1, 0.15) is 11.6 Å². The molecule has 0 bridgehead atoms. The molecule has 126 valence electrons. The Morgan fingerprint density at radius 1 is 1.25 bits per heavy atom. The molecule has 0 N–H and O–H groups in total. The van der Waals surface area contributed by atoms with E-state index in [1.54, 1.807) is 25.3 Å². The number of benzene rings is 2. The van der Waals surface area contributed by atoms with Crippen molar-refractivity contribution < 1.29 is 13.9 Å². The van der Waals surface area contributed by atoms with E-state index in [-0.39, 0.29) is 18.1 Å². The van der Waals surface area contributed by atoms with Gasteiger partial charge in [-0.1, -0.05) is 24.3 Å². The molecule has 1 amide bonds. The lowest BCUT2D eigenvalue weighted by Gasteiger charge is -2.32.